The number of nitrogens with one attached hydrogen (secondary N) is 1. The molecule has 1 aromatic rings. The minimum atomic E-state index is 0.498. The molecule has 3 atom stereocenters. The molecule has 1 aliphatic rings. The third-order valence-corrected chi connectivity index (χ3v) is 5.53. The Bertz CT molecular complexity index is 394. The Labute approximate surface area is 116 Å². The highest BCUT2D eigenvalue weighted by molar-refractivity contribution is 7.12. The number of rotatable bonds is 3. The number of hydrogen-bond acceptors (Lipinski definition) is 2. The minimum absolute atomic E-state index is 0.498. The fourth-order valence-electron chi connectivity index (χ4n) is 3.28. The maximum atomic E-state index is 3.85. The molecule has 0 spiro atoms. The molecule has 0 saturated heterocycles. The first kappa shape index (κ1) is 14.1. The molecular formula is C16H27NS. The van der Waals surface area contributed by atoms with Gasteiger partial charge in [0.15, 0.2) is 0 Å². The van der Waals surface area contributed by atoms with Crippen LogP contribution in [-0.2, 0) is 0 Å². The van der Waals surface area contributed by atoms with Crippen molar-refractivity contribution in [2.45, 2.75) is 66.0 Å². The molecule has 1 saturated carbocycles. The molecule has 0 bridgehead atoms. The fraction of sp³-hybridized carbons (Fsp3) is 0.750. The third-order valence-electron chi connectivity index (χ3n) is 4.35. The summed E-state index contributed by atoms with van der Waals surface area (Å²) in [5.41, 5.74) is 0.542. The molecule has 0 aliphatic heterocycles. The Hall–Kier alpha value is -0.340. The largest absolute Gasteiger partial charge is 0.306 e. The molecule has 1 heterocycles. The zero-order valence-corrected chi connectivity index (χ0v) is 13.2. The molecule has 1 aromatic heterocycles. The number of thiophene rings is 1. The average Bonchev–Trinajstić information content (AvgIpc) is 2.68. The van der Waals surface area contributed by atoms with Gasteiger partial charge in [0.25, 0.3) is 0 Å². The predicted octanol–water partition coefficient (Wildman–Crippen LogP) is 4.92. The SMILES string of the molecule is Cc1ccc(C(C)NC2CCC(C)(C)CC2C)s1. The summed E-state index contributed by atoms with van der Waals surface area (Å²) in [6.07, 6.45) is 4.02. The lowest BCUT2D eigenvalue weighted by Gasteiger charge is -2.40. The lowest BCUT2D eigenvalue weighted by Crippen LogP contribution is -2.42. The van der Waals surface area contributed by atoms with Gasteiger partial charge in [-0.2, -0.15) is 0 Å². The highest BCUT2D eigenvalue weighted by atomic mass is 32.1. The molecule has 0 aromatic carbocycles. The molecule has 1 nitrogen and oxygen atoms in total. The van der Waals surface area contributed by atoms with Gasteiger partial charge in [0.1, 0.15) is 0 Å². The zero-order chi connectivity index (χ0) is 13.3. The van der Waals surface area contributed by atoms with Crippen LogP contribution >= 0.6 is 11.3 Å². The van der Waals surface area contributed by atoms with Crippen molar-refractivity contribution in [3.8, 4) is 0 Å². The second-order valence-electron chi connectivity index (χ2n) is 6.83. The van der Waals surface area contributed by atoms with Crippen molar-refractivity contribution in [3.63, 3.8) is 0 Å². The van der Waals surface area contributed by atoms with Gasteiger partial charge >= 0.3 is 0 Å². The first-order chi connectivity index (χ1) is 8.37. The van der Waals surface area contributed by atoms with Crippen molar-refractivity contribution >= 4 is 11.3 Å². The molecule has 0 radical (unpaired) electrons. The number of aryl methyl sites for hydroxylation is 1. The van der Waals surface area contributed by atoms with Gasteiger partial charge in [0, 0.05) is 21.8 Å². The van der Waals surface area contributed by atoms with Crippen LogP contribution in [0.2, 0.25) is 0 Å². The van der Waals surface area contributed by atoms with E-state index in [1.54, 1.807) is 0 Å². The van der Waals surface area contributed by atoms with E-state index in [4.69, 9.17) is 0 Å². The van der Waals surface area contributed by atoms with Gasteiger partial charge in [0.2, 0.25) is 0 Å². The highest BCUT2D eigenvalue weighted by Crippen LogP contribution is 2.39. The van der Waals surface area contributed by atoms with Crippen LogP contribution in [0, 0.1) is 18.3 Å². The lowest BCUT2D eigenvalue weighted by molar-refractivity contribution is 0.143. The Kier molecular flexibility index (Phi) is 4.18. The second kappa shape index (κ2) is 5.34. The van der Waals surface area contributed by atoms with Crippen LogP contribution in [0.4, 0.5) is 0 Å². The van der Waals surface area contributed by atoms with Crippen molar-refractivity contribution < 1.29 is 0 Å². The molecule has 2 heteroatoms. The van der Waals surface area contributed by atoms with Crippen molar-refractivity contribution in [2.75, 3.05) is 0 Å². The molecule has 102 valence electrons. The summed E-state index contributed by atoms with van der Waals surface area (Å²) < 4.78 is 0. The van der Waals surface area contributed by atoms with Crippen molar-refractivity contribution in [2.24, 2.45) is 11.3 Å². The van der Waals surface area contributed by atoms with Gasteiger partial charge < -0.3 is 5.32 Å². The van der Waals surface area contributed by atoms with Crippen LogP contribution in [0.1, 0.15) is 62.8 Å². The van der Waals surface area contributed by atoms with Gasteiger partial charge in [-0.3, -0.25) is 0 Å². The average molecular weight is 265 g/mol. The van der Waals surface area contributed by atoms with Crippen LogP contribution in [0.5, 0.6) is 0 Å². The van der Waals surface area contributed by atoms with E-state index in [0.717, 1.165) is 5.92 Å². The Balaban J connectivity index is 1.94. The number of hydrogen-bond donors (Lipinski definition) is 1. The van der Waals surface area contributed by atoms with Crippen LogP contribution in [0.3, 0.4) is 0 Å². The van der Waals surface area contributed by atoms with Gasteiger partial charge in [-0.1, -0.05) is 20.8 Å². The maximum Gasteiger partial charge on any atom is 0.0388 e. The van der Waals surface area contributed by atoms with Crippen LogP contribution in [-0.4, -0.2) is 6.04 Å². The smallest absolute Gasteiger partial charge is 0.0388 e. The van der Waals surface area contributed by atoms with Gasteiger partial charge in [0.05, 0.1) is 0 Å². The molecule has 1 N–H and O–H groups in total. The topological polar surface area (TPSA) is 12.0 Å². The van der Waals surface area contributed by atoms with Gasteiger partial charge in [-0.05, 0) is 56.6 Å². The van der Waals surface area contributed by atoms with E-state index < -0.39 is 0 Å². The molecule has 3 unspecified atom stereocenters. The van der Waals surface area contributed by atoms with E-state index in [2.05, 4.69) is 52.1 Å². The fourth-order valence-corrected chi connectivity index (χ4v) is 4.17. The molecular weight excluding hydrogens is 238 g/mol. The van der Waals surface area contributed by atoms with Gasteiger partial charge in [-0.15, -0.1) is 11.3 Å². The summed E-state index contributed by atoms with van der Waals surface area (Å²) in [5, 5.41) is 3.85. The molecule has 0 amide bonds. The summed E-state index contributed by atoms with van der Waals surface area (Å²) in [7, 11) is 0. The minimum Gasteiger partial charge on any atom is -0.306 e. The van der Waals surface area contributed by atoms with E-state index in [0.29, 0.717) is 17.5 Å². The van der Waals surface area contributed by atoms with Crippen LogP contribution in [0.15, 0.2) is 12.1 Å². The Morgan fingerprint density at radius 1 is 1.39 bits per heavy atom. The summed E-state index contributed by atoms with van der Waals surface area (Å²) in [6.45, 7) is 11.7. The van der Waals surface area contributed by atoms with Crippen LogP contribution in [0.25, 0.3) is 0 Å². The maximum absolute atomic E-state index is 3.85. The zero-order valence-electron chi connectivity index (χ0n) is 12.4. The molecule has 1 aliphatic carbocycles. The van der Waals surface area contributed by atoms with Crippen molar-refractivity contribution in [1.29, 1.82) is 0 Å². The van der Waals surface area contributed by atoms with Crippen LogP contribution < -0.4 is 5.32 Å². The monoisotopic (exact) mass is 265 g/mol. The van der Waals surface area contributed by atoms with Crippen molar-refractivity contribution in [3.05, 3.63) is 21.9 Å². The second-order valence-corrected chi connectivity index (χ2v) is 8.15. The summed E-state index contributed by atoms with van der Waals surface area (Å²) in [4.78, 5) is 2.89. The van der Waals surface area contributed by atoms with Gasteiger partial charge in [-0.25, -0.2) is 0 Å². The lowest BCUT2D eigenvalue weighted by atomic mass is 9.70. The van der Waals surface area contributed by atoms with E-state index in [1.165, 1.54) is 29.0 Å². The summed E-state index contributed by atoms with van der Waals surface area (Å²) in [6, 6.07) is 5.69. The quantitative estimate of drug-likeness (QED) is 0.818. The predicted molar refractivity (Wildman–Crippen MR) is 81.2 cm³/mol. The van der Waals surface area contributed by atoms with E-state index in [9.17, 15) is 0 Å². The third kappa shape index (κ3) is 3.36. The normalized spacial score (nSPS) is 29.2. The molecule has 1 fully saturated rings. The highest BCUT2D eigenvalue weighted by Gasteiger charge is 2.32. The van der Waals surface area contributed by atoms with E-state index in [1.807, 2.05) is 11.3 Å². The van der Waals surface area contributed by atoms with E-state index in [-0.39, 0.29) is 0 Å². The van der Waals surface area contributed by atoms with Crippen molar-refractivity contribution in [1.82, 2.24) is 5.32 Å². The summed E-state index contributed by atoms with van der Waals surface area (Å²) in [5.74, 6) is 0.789. The molecule has 2 rings (SSSR count). The van der Waals surface area contributed by atoms with E-state index >= 15 is 0 Å². The Morgan fingerprint density at radius 3 is 2.67 bits per heavy atom. The summed E-state index contributed by atoms with van der Waals surface area (Å²) >= 11 is 1.92. The first-order valence-corrected chi connectivity index (χ1v) is 8.01. The molecule has 18 heavy (non-hydrogen) atoms. The Morgan fingerprint density at radius 2 is 2.11 bits per heavy atom. The standard InChI is InChI=1S/C16H27NS/c1-11-10-16(4,5)9-8-14(11)17-13(3)15-7-6-12(2)18-15/h6-7,11,13-14,17H,8-10H2,1-5H3. The first-order valence-electron chi connectivity index (χ1n) is 7.20.